The fraction of sp³-hybridized carbons (Fsp3) is 0.333. The zero-order valence-corrected chi connectivity index (χ0v) is 17.2. The van der Waals surface area contributed by atoms with Crippen LogP contribution in [0.4, 0.5) is 5.69 Å². The lowest BCUT2D eigenvalue weighted by atomic mass is 9.84. The Morgan fingerprint density at radius 2 is 2.00 bits per heavy atom. The number of rotatable bonds is 3. The minimum Gasteiger partial charge on any atom is -0.387 e. The molecule has 0 aliphatic carbocycles. The number of nitrogens with two attached hydrogens (primary N) is 1. The highest BCUT2D eigenvalue weighted by molar-refractivity contribution is 5.91. The zero-order valence-electron chi connectivity index (χ0n) is 17.2. The maximum atomic E-state index is 5.90. The molecule has 4 heterocycles. The number of aromatic nitrogens is 2. The van der Waals surface area contributed by atoms with Gasteiger partial charge in [0.2, 0.25) is 0 Å². The lowest BCUT2D eigenvalue weighted by Crippen LogP contribution is -2.38. The molecule has 5 rings (SSSR count). The number of pyridine rings is 1. The highest BCUT2D eigenvalue weighted by Crippen LogP contribution is 2.34. The fourth-order valence-electron chi connectivity index (χ4n) is 4.57. The molecule has 0 bridgehead atoms. The van der Waals surface area contributed by atoms with E-state index in [0.717, 1.165) is 53.4 Å². The van der Waals surface area contributed by atoms with E-state index in [1.165, 1.54) is 18.4 Å². The first-order valence-corrected chi connectivity index (χ1v) is 10.3. The summed E-state index contributed by atoms with van der Waals surface area (Å²) in [4.78, 5) is 11.5. The lowest BCUT2D eigenvalue weighted by Gasteiger charge is -2.40. The Hall–Kier alpha value is -3.08. The Morgan fingerprint density at radius 3 is 2.83 bits per heavy atom. The van der Waals surface area contributed by atoms with Gasteiger partial charge in [0, 0.05) is 25.7 Å². The van der Waals surface area contributed by atoms with E-state index in [1.54, 1.807) is 0 Å². The van der Waals surface area contributed by atoms with Crippen LogP contribution in [-0.2, 0) is 6.42 Å². The number of hydrogen-bond acceptors (Lipinski definition) is 4. The third-order valence-corrected chi connectivity index (χ3v) is 6.14. The molecular formula is C24H27N5. The molecule has 5 nitrogen and oxygen atoms in total. The summed E-state index contributed by atoms with van der Waals surface area (Å²) in [6.07, 6.45) is 7.30. The summed E-state index contributed by atoms with van der Waals surface area (Å²) in [5.41, 5.74) is 13.7. The number of aliphatic imine (C=N–C) groups is 1. The van der Waals surface area contributed by atoms with E-state index < -0.39 is 0 Å². The van der Waals surface area contributed by atoms with Gasteiger partial charge in [0.1, 0.15) is 11.5 Å². The van der Waals surface area contributed by atoms with Crippen LogP contribution in [0.15, 0.2) is 54.3 Å². The molecular weight excluding hydrogens is 358 g/mol. The van der Waals surface area contributed by atoms with Crippen LogP contribution in [0.3, 0.4) is 0 Å². The van der Waals surface area contributed by atoms with Crippen molar-refractivity contribution in [2.75, 3.05) is 13.1 Å². The van der Waals surface area contributed by atoms with E-state index in [9.17, 15) is 0 Å². The van der Waals surface area contributed by atoms with Gasteiger partial charge in [-0.1, -0.05) is 32.6 Å². The molecule has 0 amide bonds. The molecule has 148 valence electrons. The van der Waals surface area contributed by atoms with E-state index in [-0.39, 0.29) is 0 Å². The smallest absolute Gasteiger partial charge is 0.137 e. The van der Waals surface area contributed by atoms with Crippen LogP contribution in [0.2, 0.25) is 0 Å². The van der Waals surface area contributed by atoms with Crippen molar-refractivity contribution >= 4 is 22.9 Å². The van der Waals surface area contributed by atoms with Crippen molar-refractivity contribution in [3.8, 4) is 11.1 Å². The predicted octanol–water partition coefficient (Wildman–Crippen LogP) is 4.64. The van der Waals surface area contributed by atoms with E-state index in [4.69, 9.17) is 5.73 Å². The number of amidine groups is 1. The third kappa shape index (κ3) is 3.20. The molecule has 3 aromatic rings. The van der Waals surface area contributed by atoms with E-state index in [1.807, 2.05) is 6.20 Å². The third-order valence-electron chi connectivity index (χ3n) is 6.14. The minimum absolute atomic E-state index is 0.319. The van der Waals surface area contributed by atoms with Gasteiger partial charge in [-0.05, 0) is 53.1 Å². The van der Waals surface area contributed by atoms with Crippen molar-refractivity contribution in [2.45, 2.75) is 33.1 Å². The number of fused-ring (bicyclic) bond motifs is 2. The van der Waals surface area contributed by atoms with Crippen LogP contribution in [0, 0.1) is 5.41 Å². The first-order valence-electron chi connectivity index (χ1n) is 10.3. The molecule has 1 saturated heterocycles. The van der Waals surface area contributed by atoms with Crippen LogP contribution >= 0.6 is 0 Å². The maximum Gasteiger partial charge on any atom is 0.137 e. The molecule has 1 aromatic carbocycles. The van der Waals surface area contributed by atoms with Crippen molar-refractivity contribution in [3.63, 3.8) is 0 Å². The topological polar surface area (TPSA) is 58.9 Å². The predicted molar refractivity (Wildman–Crippen MR) is 119 cm³/mol. The van der Waals surface area contributed by atoms with Gasteiger partial charge in [-0.25, -0.2) is 9.98 Å². The number of piperidine rings is 1. The van der Waals surface area contributed by atoms with E-state index in [2.05, 4.69) is 76.2 Å². The van der Waals surface area contributed by atoms with Gasteiger partial charge in [-0.15, -0.1) is 0 Å². The summed E-state index contributed by atoms with van der Waals surface area (Å²) in [6, 6.07) is 10.6. The molecule has 0 spiro atoms. The Kier molecular flexibility index (Phi) is 4.02. The van der Waals surface area contributed by atoms with Crippen LogP contribution in [-0.4, -0.2) is 33.2 Å². The summed E-state index contributed by atoms with van der Waals surface area (Å²) < 4.78 is 2.16. The Bertz CT molecular complexity index is 1150. The van der Waals surface area contributed by atoms with Crippen molar-refractivity contribution in [3.05, 3.63) is 60.6 Å². The number of likely N-dealkylation sites (tertiary alicyclic amines) is 1. The van der Waals surface area contributed by atoms with Gasteiger partial charge in [-0.2, -0.15) is 0 Å². The summed E-state index contributed by atoms with van der Waals surface area (Å²) >= 11 is 0. The molecule has 0 atom stereocenters. The Labute approximate surface area is 171 Å². The average molecular weight is 386 g/mol. The highest BCUT2D eigenvalue weighted by atomic mass is 15.2. The Morgan fingerprint density at radius 1 is 1.17 bits per heavy atom. The molecule has 5 heteroatoms. The van der Waals surface area contributed by atoms with Gasteiger partial charge in [0.15, 0.2) is 0 Å². The maximum absolute atomic E-state index is 5.90. The second-order valence-electron chi connectivity index (χ2n) is 9.05. The molecule has 2 aromatic heterocycles. The molecule has 1 fully saturated rings. The number of imidazole rings is 1. The highest BCUT2D eigenvalue weighted by Gasteiger charge is 2.28. The zero-order chi connectivity index (χ0) is 20.2. The van der Waals surface area contributed by atoms with Gasteiger partial charge in [0.25, 0.3) is 0 Å². The summed E-state index contributed by atoms with van der Waals surface area (Å²) in [7, 11) is 0. The SMILES string of the molecule is C=C(c1cnc2ccc(-c3ccc4c(c3)N=C(N)C4)cn12)N1CCCC(C)(C)C1. The molecule has 29 heavy (non-hydrogen) atoms. The first-order chi connectivity index (χ1) is 13.9. The molecule has 0 saturated carbocycles. The number of benzene rings is 1. The van der Waals surface area contributed by atoms with Crippen molar-refractivity contribution in [2.24, 2.45) is 16.1 Å². The van der Waals surface area contributed by atoms with Crippen LogP contribution in [0.1, 0.15) is 37.9 Å². The summed E-state index contributed by atoms with van der Waals surface area (Å²) in [5, 5.41) is 0. The molecule has 0 radical (unpaired) electrons. The molecule has 2 aliphatic rings. The molecule has 2 aliphatic heterocycles. The molecule has 2 N–H and O–H groups in total. The average Bonchev–Trinajstić information content (AvgIpc) is 3.27. The number of hydrogen-bond donors (Lipinski definition) is 1. The summed E-state index contributed by atoms with van der Waals surface area (Å²) in [5.74, 6) is 0.685. The monoisotopic (exact) mass is 385 g/mol. The minimum atomic E-state index is 0.319. The fourth-order valence-corrected chi connectivity index (χ4v) is 4.57. The van der Waals surface area contributed by atoms with Crippen molar-refractivity contribution in [1.29, 1.82) is 0 Å². The van der Waals surface area contributed by atoms with Gasteiger partial charge < -0.3 is 10.6 Å². The number of nitrogens with zero attached hydrogens (tertiary/aromatic N) is 4. The van der Waals surface area contributed by atoms with Crippen LogP contribution < -0.4 is 5.73 Å². The van der Waals surface area contributed by atoms with E-state index >= 15 is 0 Å². The largest absolute Gasteiger partial charge is 0.387 e. The standard InChI is InChI=1S/C24H27N5/c1-16(28-10-4-9-24(2,3)15-28)21-13-26-23-8-7-19(14-29(21)23)17-5-6-18-12-22(25)27-20(18)11-17/h5-8,11,13-14H,1,4,9-10,12,15H2,2-3H3,(H2,25,27). The van der Waals surface area contributed by atoms with Crippen LogP contribution in [0.5, 0.6) is 0 Å². The van der Waals surface area contributed by atoms with Crippen molar-refractivity contribution < 1.29 is 0 Å². The second kappa shape index (κ2) is 6.48. The van der Waals surface area contributed by atoms with Crippen molar-refractivity contribution in [1.82, 2.24) is 14.3 Å². The van der Waals surface area contributed by atoms with E-state index in [0.29, 0.717) is 11.3 Å². The first kappa shape index (κ1) is 18.0. The Balaban J connectivity index is 1.51. The quantitative estimate of drug-likeness (QED) is 0.715. The van der Waals surface area contributed by atoms with Gasteiger partial charge in [0.05, 0.1) is 23.3 Å². The van der Waals surface area contributed by atoms with Crippen LogP contribution in [0.25, 0.3) is 22.5 Å². The lowest BCUT2D eigenvalue weighted by molar-refractivity contribution is 0.170. The van der Waals surface area contributed by atoms with Gasteiger partial charge in [-0.3, -0.25) is 4.40 Å². The summed E-state index contributed by atoms with van der Waals surface area (Å²) in [6.45, 7) is 11.2. The molecule has 0 unspecified atom stereocenters. The second-order valence-corrected chi connectivity index (χ2v) is 9.05. The normalized spacial score (nSPS) is 18.0. The van der Waals surface area contributed by atoms with Gasteiger partial charge >= 0.3 is 0 Å².